The van der Waals surface area contributed by atoms with Gasteiger partial charge in [0.05, 0.1) is 5.92 Å². The summed E-state index contributed by atoms with van der Waals surface area (Å²) in [6.45, 7) is 14.4. The maximum atomic E-state index is 12.6. The zero-order valence-corrected chi connectivity index (χ0v) is 17.4. The van der Waals surface area contributed by atoms with Crippen LogP contribution in [0.1, 0.15) is 79.1 Å². The van der Waals surface area contributed by atoms with Crippen LogP contribution in [0.2, 0.25) is 0 Å². The molecule has 3 heteroatoms. The summed E-state index contributed by atoms with van der Waals surface area (Å²) in [7, 11) is 0. The number of allylic oxidation sites excluding steroid dienone is 1. The van der Waals surface area contributed by atoms with Crippen LogP contribution >= 0.6 is 0 Å². The number of hydrogen-bond donors (Lipinski definition) is 1. The molecule has 1 aliphatic heterocycles. The number of hydrogen-bond acceptors (Lipinski definition) is 3. The summed E-state index contributed by atoms with van der Waals surface area (Å²) >= 11 is 0. The monoisotopic (exact) mass is 361 g/mol. The number of ether oxygens (including phenoxy) is 1. The predicted octanol–water partition coefficient (Wildman–Crippen LogP) is 5.11. The molecule has 1 saturated heterocycles. The molecule has 0 aromatic carbocycles. The van der Waals surface area contributed by atoms with Crippen LogP contribution in [0.25, 0.3) is 0 Å². The maximum Gasteiger partial charge on any atom is 0.310 e. The summed E-state index contributed by atoms with van der Waals surface area (Å²) < 4.78 is 5.86. The molecule has 3 nitrogen and oxygen atoms in total. The molecule has 1 heterocycles. The molecular weight excluding hydrogens is 322 g/mol. The molecule has 0 unspecified atom stereocenters. The van der Waals surface area contributed by atoms with Gasteiger partial charge in [0.25, 0.3) is 0 Å². The highest BCUT2D eigenvalue weighted by molar-refractivity contribution is 5.75. The van der Waals surface area contributed by atoms with Crippen molar-refractivity contribution in [1.29, 1.82) is 0 Å². The highest BCUT2D eigenvalue weighted by Crippen LogP contribution is 2.56. The molecule has 0 aromatic heterocycles. The fourth-order valence-electron chi connectivity index (χ4n) is 5.75. The van der Waals surface area contributed by atoms with Crippen LogP contribution in [0.15, 0.2) is 12.2 Å². The molecular formula is C23H39NO2. The fourth-order valence-corrected chi connectivity index (χ4v) is 5.75. The van der Waals surface area contributed by atoms with Gasteiger partial charge in [-0.1, -0.05) is 45.8 Å². The van der Waals surface area contributed by atoms with Crippen LogP contribution in [-0.2, 0) is 9.53 Å². The molecule has 0 spiro atoms. The van der Waals surface area contributed by atoms with Gasteiger partial charge in [0, 0.05) is 18.5 Å². The molecule has 0 aromatic rings. The molecule has 148 valence electrons. The summed E-state index contributed by atoms with van der Waals surface area (Å²) in [6, 6.07) is 0.471. The lowest BCUT2D eigenvalue weighted by Gasteiger charge is -2.50. The van der Waals surface area contributed by atoms with Gasteiger partial charge in [-0.15, -0.1) is 0 Å². The lowest BCUT2D eigenvalue weighted by atomic mass is 9.55. The van der Waals surface area contributed by atoms with Crippen LogP contribution in [-0.4, -0.2) is 24.7 Å². The van der Waals surface area contributed by atoms with Gasteiger partial charge in [0.15, 0.2) is 0 Å². The molecule has 3 rings (SSSR count). The summed E-state index contributed by atoms with van der Waals surface area (Å²) in [5.74, 6) is 1.80. The molecule has 1 N–H and O–H groups in total. The van der Waals surface area contributed by atoms with Crippen molar-refractivity contribution in [2.45, 2.75) is 91.2 Å². The normalized spacial score (nSPS) is 38.0. The fraction of sp³-hybridized carbons (Fsp3) is 0.870. The van der Waals surface area contributed by atoms with Crippen LogP contribution in [0, 0.1) is 29.1 Å². The number of rotatable bonds is 7. The van der Waals surface area contributed by atoms with Crippen LogP contribution in [0.4, 0.5) is 0 Å². The molecule has 26 heavy (non-hydrogen) atoms. The molecule has 3 fully saturated rings. The average molecular weight is 362 g/mol. The smallest absolute Gasteiger partial charge is 0.310 e. The second kappa shape index (κ2) is 8.04. The van der Waals surface area contributed by atoms with Gasteiger partial charge in [-0.05, 0) is 62.7 Å². The van der Waals surface area contributed by atoms with Crippen LogP contribution < -0.4 is 5.32 Å². The van der Waals surface area contributed by atoms with Crippen molar-refractivity contribution >= 4 is 5.97 Å². The Morgan fingerprint density at radius 2 is 2.08 bits per heavy atom. The van der Waals surface area contributed by atoms with E-state index >= 15 is 0 Å². The van der Waals surface area contributed by atoms with Crippen molar-refractivity contribution in [3.8, 4) is 0 Å². The molecule has 6 atom stereocenters. The van der Waals surface area contributed by atoms with Crippen molar-refractivity contribution in [3.63, 3.8) is 0 Å². The van der Waals surface area contributed by atoms with E-state index in [-0.39, 0.29) is 18.0 Å². The van der Waals surface area contributed by atoms with E-state index in [9.17, 15) is 4.79 Å². The molecule has 0 bridgehead atoms. The third kappa shape index (κ3) is 4.18. The zero-order valence-electron chi connectivity index (χ0n) is 17.4. The lowest BCUT2D eigenvalue weighted by molar-refractivity contribution is -0.146. The Labute approximate surface area is 160 Å². The van der Waals surface area contributed by atoms with E-state index in [1.165, 1.54) is 44.1 Å². The van der Waals surface area contributed by atoms with E-state index in [2.05, 4.69) is 39.6 Å². The third-order valence-electron chi connectivity index (χ3n) is 7.42. The van der Waals surface area contributed by atoms with E-state index in [0.717, 1.165) is 25.3 Å². The molecule has 2 aliphatic carbocycles. The number of esters is 1. The molecule has 0 radical (unpaired) electrons. The number of nitrogens with one attached hydrogen (secondary N) is 1. The highest BCUT2D eigenvalue weighted by atomic mass is 16.6. The zero-order chi connectivity index (χ0) is 18.9. The highest BCUT2D eigenvalue weighted by Gasteiger charge is 2.54. The van der Waals surface area contributed by atoms with Crippen molar-refractivity contribution in [1.82, 2.24) is 5.32 Å². The Bertz CT molecular complexity index is 528. The second-order valence-electron chi connectivity index (χ2n) is 10.0. The van der Waals surface area contributed by atoms with Crippen molar-refractivity contribution < 1.29 is 9.53 Å². The largest absolute Gasteiger partial charge is 0.462 e. The third-order valence-corrected chi connectivity index (χ3v) is 7.42. The molecule has 3 aliphatic rings. The number of fused-ring (bicyclic) bond motifs is 2. The van der Waals surface area contributed by atoms with Crippen molar-refractivity contribution in [3.05, 3.63) is 12.2 Å². The Morgan fingerprint density at radius 3 is 2.81 bits per heavy atom. The minimum Gasteiger partial charge on any atom is -0.462 e. The van der Waals surface area contributed by atoms with Crippen LogP contribution in [0.5, 0.6) is 0 Å². The van der Waals surface area contributed by atoms with Gasteiger partial charge in [0.1, 0.15) is 6.10 Å². The van der Waals surface area contributed by atoms with Crippen LogP contribution in [0.3, 0.4) is 0 Å². The van der Waals surface area contributed by atoms with E-state index < -0.39 is 0 Å². The SMILES string of the molecule is C=C1CCC[C@]2(C)C[C@H]3OC(=O)[C@@H](CN[C@H](C)CCCC(C)C)[C@H]3C[C@H]12. The quantitative estimate of drug-likeness (QED) is 0.506. The second-order valence-corrected chi connectivity index (χ2v) is 10.0. The standard InChI is InChI=1S/C23H39NO2/c1-15(2)8-6-10-17(4)24-14-19-18-12-20-16(3)9-7-11-23(20,5)13-21(18)26-22(19)25/h15,17-21,24H,3,6-14H2,1-2,4-5H3/t17-,18-,19+,20-,21-,23-/m1/s1. The Hall–Kier alpha value is -0.830. The Balaban J connectivity index is 1.56. The maximum absolute atomic E-state index is 12.6. The first-order valence-corrected chi connectivity index (χ1v) is 10.9. The van der Waals surface area contributed by atoms with E-state index in [1.807, 2.05) is 0 Å². The Kier molecular flexibility index (Phi) is 6.16. The van der Waals surface area contributed by atoms with Gasteiger partial charge >= 0.3 is 5.97 Å². The van der Waals surface area contributed by atoms with Gasteiger partial charge in [0.2, 0.25) is 0 Å². The first-order valence-electron chi connectivity index (χ1n) is 10.9. The lowest BCUT2D eigenvalue weighted by Crippen LogP contribution is -2.45. The van der Waals surface area contributed by atoms with Gasteiger partial charge in [-0.3, -0.25) is 4.79 Å². The van der Waals surface area contributed by atoms with E-state index in [1.54, 1.807) is 0 Å². The summed E-state index contributed by atoms with van der Waals surface area (Å²) in [5, 5.41) is 3.63. The molecule has 2 saturated carbocycles. The predicted molar refractivity (Wildman–Crippen MR) is 107 cm³/mol. The number of carbonyl (C=O) groups excluding carboxylic acids is 1. The minimum absolute atomic E-state index is 0.0341. The van der Waals surface area contributed by atoms with Gasteiger partial charge in [-0.25, -0.2) is 0 Å². The van der Waals surface area contributed by atoms with E-state index in [4.69, 9.17) is 4.74 Å². The van der Waals surface area contributed by atoms with Crippen molar-refractivity contribution in [2.24, 2.45) is 29.1 Å². The molecule has 0 amide bonds. The number of carbonyl (C=O) groups is 1. The average Bonchev–Trinajstić information content (AvgIpc) is 2.84. The van der Waals surface area contributed by atoms with E-state index in [0.29, 0.717) is 23.3 Å². The van der Waals surface area contributed by atoms with Gasteiger partial charge < -0.3 is 10.1 Å². The van der Waals surface area contributed by atoms with Crippen molar-refractivity contribution in [2.75, 3.05) is 6.54 Å². The first-order chi connectivity index (χ1) is 12.3. The summed E-state index contributed by atoms with van der Waals surface area (Å²) in [6.07, 6.45) is 9.67. The van der Waals surface area contributed by atoms with Gasteiger partial charge in [-0.2, -0.15) is 0 Å². The summed E-state index contributed by atoms with van der Waals surface area (Å²) in [5.41, 5.74) is 1.72. The topological polar surface area (TPSA) is 38.3 Å². The minimum atomic E-state index is 0.0341. The summed E-state index contributed by atoms with van der Waals surface area (Å²) in [4.78, 5) is 12.6. The Morgan fingerprint density at radius 1 is 1.31 bits per heavy atom. The first kappa shape index (κ1) is 19.9.